The largest absolute Gasteiger partial charge is 0.297 e. The van der Waals surface area contributed by atoms with Gasteiger partial charge in [0.2, 0.25) is 0 Å². The predicted octanol–water partition coefficient (Wildman–Crippen LogP) is 12.7. The molecule has 0 N–H and O–H groups in total. The average Bonchev–Trinajstić information content (AvgIpc) is 3.82. The van der Waals surface area contributed by atoms with Crippen LogP contribution in [0.4, 0.5) is 0 Å². The highest BCUT2D eigenvalue weighted by atomic mass is 32.1. The summed E-state index contributed by atoms with van der Waals surface area (Å²) in [5.41, 5.74) is 2.37. The van der Waals surface area contributed by atoms with Crippen LogP contribution in [0.15, 0.2) is 36.4 Å². The van der Waals surface area contributed by atoms with Gasteiger partial charge in [0, 0.05) is 50.8 Å². The maximum absolute atomic E-state index is 12.1. The summed E-state index contributed by atoms with van der Waals surface area (Å²) in [5, 5.41) is 2.28. The van der Waals surface area contributed by atoms with Crippen molar-refractivity contribution in [1.82, 2.24) is 0 Å². The molecule has 2 nitrogen and oxygen atoms in total. The molecule has 0 amide bonds. The van der Waals surface area contributed by atoms with Crippen LogP contribution in [0.2, 0.25) is 0 Å². The minimum atomic E-state index is 0.715. The maximum Gasteiger partial charge on any atom is 0.160 e. The molecule has 5 rings (SSSR count). The zero-order valence-electron chi connectivity index (χ0n) is 25.3. The number of hydrogen-bond acceptors (Lipinski definition) is 6. The van der Waals surface area contributed by atoms with Crippen molar-refractivity contribution in [3.05, 3.63) is 55.9 Å². The number of unbranched alkanes of at least 4 members (excludes halogenated alkanes) is 2. The van der Waals surface area contributed by atoms with Crippen LogP contribution in [0.3, 0.4) is 0 Å². The highest BCUT2D eigenvalue weighted by Crippen LogP contribution is 2.51. The Morgan fingerprint density at radius 2 is 1.05 bits per heavy atom. The third-order valence-electron chi connectivity index (χ3n) is 8.61. The third-order valence-corrected chi connectivity index (χ3v) is 13.0. The van der Waals surface area contributed by atoms with E-state index < -0.39 is 0 Å². The van der Waals surface area contributed by atoms with Crippen molar-refractivity contribution in [2.75, 3.05) is 0 Å². The van der Waals surface area contributed by atoms with Crippen LogP contribution < -0.4 is 0 Å². The van der Waals surface area contributed by atoms with Gasteiger partial charge < -0.3 is 0 Å². The molecule has 1 aromatic carbocycles. The molecule has 0 fully saturated rings. The molecule has 0 bridgehead atoms. The molecule has 42 heavy (non-hydrogen) atoms. The lowest BCUT2D eigenvalue weighted by Gasteiger charge is -2.13. The van der Waals surface area contributed by atoms with E-state index in [1.54, 1.807) is 22.7 Å². The first-order valence-electron chi connectivity index (χ1n) is 15.6. The number of carbonyl (C=O) groups is 2. The lowest BCUT2D eigenvalue weighted by molar-refractivity contribution is 0.111. The van der Waals surface area contributed by atoms with E-state index in [0.717, 1.165) is 55.3 Å². The minimum Gasteiger partial charge on any atom is -0.297 e. The van der Waals surface area contributed by atoms with E-state index in [9.17, 15) is 9.59 Å². The highest BCUT2D eigenvalue weighted by Gasteiger charge is 2.24. The zero-order chi connectivity index (χ0) is 29.6. The van der Waals surface area contributed by atoms with Gasteiger partial charge in [-0.25, -0.2) is 0 Å². The normalized spacial score (nSPS) is 13.2. The molecule has 0 spiro atoms. The summed E-state index contributed by atoms with van der Waals surface area (Å²) in [6.45, 7) is 9.16. The van der Waals surface area contributed by atoms with Crippen LogP contribution in [0.1, 0.15) is 108 Å². The van der Waals surface area contributed by atoms with Crippen molar-refractivity contribution in [3.63, 3.8) is 0 Å². The van der Waals surface area contributed by atoms with E-state index in [1.807, 2.05) is 22.7 Å². The van der Waals surface area contributed by atoms with Gasteiger partial charge in [-0.15, -0.1) is 45.3 Å². The molecule has 5 aromatic rings. The number of fused-ring (bicyclic) bond motifs is 2. The van der Waals surface area contributed by atoms with E-state index in [-0.39, 0.29) is 0 Å². The minimum absolute atomic E-state index is 0.715. The molecule has 0 radical (unpaired) electrons. The SMILES string of the molecule is CCCCC(CC)Cc1ccc(-c2c3cc(C=O)sc3c(-c3ccc(CC(CC)CCCC)s3)c3cc(C=O)sc23)s1. The Kier molecular flexibility index (Phi) is 10.9. The number of thiophene rings is 4. The molecule has 222 valence electrons. The molecule has 2 atom stereocenters. The summed E-state index contributed by atoms with van der Waals surface area (Å²) >= 11 is 6.95. The van der Waals surface area contributed by atoms with Crippen molar-refractivity contribution in [1.29, 1.82) is 0 Å². The first-order chi connectivity index (χ1) is 20.5. The van der Waals surface area contributed by atoms with E-state index in [0.29, 0.717) is 11.8 Å². The molecule has 0 aliphatic carbocycles. The summed E-state index contributed by atoms with van der Waals surface area (Å²) < 4.78 is 2.32. The second kappa shape index (κ2) is 14.6. The Balaban J connectivity index is 1.62. The van der Waals surface area contributed by atoms with Gasteiger partial charge in [-0.05, 0) is 61.1 Å². The average molecular weight is 635 g/mol. The highest BCUT2D eigenvalue weighted by molar-refractivity contribution is 7.25. The molecule has 4 aromatic heterocycles. The first kappa shape index (κ1) is 31.3. The molecule has 0 aliphatic rings. The Hall–Kier alpha value is -2.12. The fourth-order valence-electron chi connectivity index (χ4n) is 6.11. The third kappa shape index (κ3) is 6.67. The lowest BCUT2D eigenvalue weighted by Crippen LogP contribution is -2.01. The summed E-state index contributed by atoms with van der Waals surface area (Å²) in [4.78, 5) is 31.0. The van der Waals surface area contributed by atoms with Crippen molar-refractivity contribution >= 4 is 78.1 Å². The molecular formula is C36H42O2S4. The maximum atomic E-state index is 12.1. The quantitative estimate of drug-likeness (QED) is 0.101. The second-order valence-corrected chi connectivity index (χ2v) is 16.0. The topological polar surface area (TPSA) is 34.1 Å². The summed E-state index contributed by atoms with van der Waals surface area (Å²) in [5.74, 6) is 1.43. The number of rotatable bonds is 16. The Morgan fingerprint density at radius 3 is 1.40 bits per heavy atom. The van der Waals surface area contributed by atoms with Crippen LogP contribution in [0.5, 0.6) is 0 Å². The van der Waals surface area contributed by atoms with Crippen molar-refractivity contribution in [2.24, 2.45) is 11.8 Å². The van der Waals surface area contributed by atoms with Gasteiger partial charge in [-0.3, -0.25) is 9.59 Å². The number of hydrogen-bond donors (Lipinski definition) is 0. The van der Waals surface area contributed by atoms with Crippen LogP contribution in [0.25, 0.3) is 41.1 Å². The fraction of sp³-hybridized carbons (Fsp3) is 0.444. The van der Waals surface area contributed by atoms with Crippen LogP contribution in [0, 0.1) is 11.8 Å². The second-order valence-electron chi connectivity index (χ2n) is 11.5. The van der Waals surface area contributed by atoms with Crippen LogP contribution in [-0.4, -0.2) is 12.6 Å². The molecule has 0 aliphatic heterocycles. The van der Waals surface area contributed by atoms with Gasteiger partial charge in [0.15, 0.2) is 12.6 Å². The summed E-state index contributed by atoms with van der Waals surface area (Å²) in [6.07, 6.45) is 14.2. The number of benzene rings is 1. The van der Waals surface area contributed by atoms with Crippen LogP contribution in [-0.2, 0) is 12.8 Å². The van der Waals surface area contributed by atoms with E-state index >= 15 is 0 Å². The summed E-state index contributed by atoms with van der Waals surface area (Å²) in [7, 11) is 0. The molecular weight excluding hydrogens is 593 g/mol. The van der Waals surface area contributed by atoms with Gasteiger partial charge in [-0.1, -0.05) is 79.1 Å². The summed E-state index contributed by atoms with van der Waals surface area (Å²) in [6, 6.07) is 13.3. The van der Waals surface area contributed by atoms with Gasteiger partial charge in [0.1, 0.15) is 0 Å². The fourth-order valence-corrected chi connectivity index (χ4v) is 10.7. The van der Waals surface area contributed by atoms with Gasteiger partial charge in [0.05, 0.1) is 9.75 Å². The Bertz CT molecular complexity index is 1470. The first-order valence-corrected chi connectivity index (χ1v) is 18.9. The monoisotopic (exact) mass is 634 g/mol. The van der Waals surface area contributed by atoms with E-state index in [1.165, 1.54) is 82.0 Å². The number of carbonyl (C=O) groups excluding carboxylic acids is 2. The molecule has 6 heteroatoms. The molecule has 0 saturated heterocycles. The number of aldehydes is 2. The van der Waals surface area contributed by atoms with Gasteiger partial charge >= 0.3 is 0 Å². The Morgan fingerprint density at radius 1 is 0.619 bits per heavy atom. The van der Waals surface area contributed by atoms with Crippen LogP contribution >= 0.6 is 45.3 Å². The zero-order valence-corrected chi connectivity index (χ0v) is 28.6. The van der Waals surface area contributed by atoms with Crippen molar-refractivity contribution < 1.29 is 9.59 Å². The smallest absolute Gasteiger partial charge is 0.160 e. The van der Waals surface area contributed by atoms with E-state index in [2.05, 4.69) is 64.1 Å². The predicted molar refractivity (Wildman–Crippen MR) is 189 cm³/mol. The van der Waals surface area contributed by atoms with E-state index in [4.69, 9.17) is 0 Å². The van der Waals surface area contributed by atoms with Crippen molar-refractivity contribution in [3.8, 4) is 20.9 Å². The molecule has 4 heterocycles. The van der Waals surface area contributed by atoms with Crippen molar-refractivity contribution in [2.45, 2.75) is 91.9 Å². The van der Waals surface area contributed by atoms with Gasteiger partial charge in [-0.2, -0.15) is 0 Å². The Labute approximate surface area is 266 Å². The van der Waals surface area contributed by atoms with Gasteiger partial charge in [0.25, 0.3) is 0 Å². The standard InChI is InChI=1S/C36H42O2S4/c1-5-9-11-23(7-3)17-25-13-15-31(39-25)33-29-19-27(21-37)42-36(29)34(30-20-28(22-38)41-35(30)33)32-16-14-26(40-32)18-24(8-4)12-10-6-2/h13-16,19-24H,5-12,17-18H2,1-4H3. The lowest BCUT2D eigenvalue weighted by atomic mass is 9.95. The molecule has 0 saturated carbocycles. The molecule has 2 unspecified atom stereocenters.